The fourth-order valence-electron chi connectivity index (χ4n) is 0.0577. The molecule has 0 bridgehead atoms. The molecule has 0 saturated carbocycles. The van der Waals surface area contributed by atoms with E-state index >= 15 is 0 Å². The van der Waals surface area contributed by atoms with Crippen LogP contribution in [-0.4, -0.2) is 40.7 Å². The fraction of sp³-hybridized carbons (Fsp3) is 0.750. The van der Waals surface area contributed by atoms with Gasteiger partial charge in [0.05, 0.1) is 13.2 Å². The highest BCUT2D eigenvalue weighted by molar-refractivity contribution is 5.36. The van der Waals surface area contributed by atoms with E-state index in [1.807, 2.05) is 0 Å². The van der Waals surface area contributed by atoms with Crippen LogP contribution in [0.25, 0.3) is 5.41 Å². The third-order valence-electron chi connectivity index (χ3n) is 0.421. The van der Waals surface area contributed by atoms with Gasteiger partial charge in [0.15, 0.2) is 0 Å². The first-order chi connectivity index (χ1) is 4.22. The third kappa shape index (κ3) is 18.9. The molecule has 0 aromatic rings. The summed E-state index contributed by atoms with van der Waals surface area (Å²) in [5.41, 5.74) is 0. The van der Waals surface area contributed by atoms with Crippen molar-refractivity contribution in [3.05, 3.63) is 5.41 Å². The Labute approximate surface area is 52.1 Å². The van der Waals surface area contributed by atoms with Crippen LogP contribution in [0.15, 0.2) is 0 Å². The van der Waals surface area contributed by atoms with Crippen LogP contribution in [0, 0.1) is 0 Å². The van der Waals surface area contributed by atoms with E-state index in [1.54, 1.807) is 0 Å². The van der Waals surface area contributed by atoms with Crippen LogP contribution in [0.4, 0.5) is 0 Å². The normalized spacial score (nSPS) is 7.56. The van der Waals surface area contributed by atoms with Crippen molar-refractivity contribution < 1.29 is 20.1 Å². The van der Waals surface area contributed by atoms with Crippen molar-refractivity contribution in [3.63, 3.8) is 0 Å². The Balaban J connectivity index is 0. The topological polar surface area (TPSA) is 100 Å². The lowest BCUT2D eigenvalue weighted by Gasteiger charge is -1.96. The molecule has 9 heavy (non-hydrogen) atoms. The van der Waals surface area contributed by atoms with E-state index in [2.05, 4.69) is 0 Å². The molecule has 0 spiro atoms. The maximum Gasteiger partial charge on any atom is 0.100 e. The van der Waals surface area contributed by atoms with Crippen molar-refractivity contribution in [2.24, 2.45) is 0 Å². The smallest absolute Gasteiger partial charge is 0.100 e. The molecule has 5 nitrogen and oxygen atoms in total. The quantitative estimate of drug-likeness (QED) is 0.307. The summed E-state index contributed by atoms with van der Waals surface area (Å²) in [5, 5.41) is 30.8. The average Bonchev–Trinajstić information content (AvgIpc) is 1.88. The molecule has 0 radical (unpaired) electrons. The summed E-state index contributed by atoms with van der Waals surface area (Å²) in [7, 11) is 0. The number of carbonyl (C=O) groups excluding carboxylic acids is 1. The van der Waals surface area contributed by atoms with Crippen LogP contribution in [0.2, 0.25) is 0 Å². The third-order valence-corrected chi connectivity index (χ3v) is 0.421. The Morgan fingerprint density at radius 1 is 1.44 bits per heavy atom. The van der Waals surface area contributed by atoms with Crippen molar-refractivity contribution in [3.8, 4) is 0 Å². The van der Waals surface area contributed by atoms with E-state index < -0.39 is 6.10 Å². The van der Waals surface area contributed by atoms with Crippen molar-refractivity contribution >= 4 is 6.08 Å². The molecule has 0 unspecified atom stereocenters. The molecule has 0 aromatic carbocycles. The highest BCUT2D eigenvalue weighted by atomic mass is 16.3. The minimum Gasteiger partial charge on any atom is -0.724 e. The lowest BCUT2D eigenvalue weighted by Crippen LogP contribution is -2.15. The van der Waals surface area contributed by atoms with Gasteiger partial charge in [0.2, 0.25) is 0 Å². The van der Waals surface area contributed by atoms with E-state index in [4.69, 9.17) is 25.5 Å². The maximum absolute atomic E-state index is 8.24. The number of aliphatic hydroxyl groups excluding tert-OH is 3. The van der Waals surface area contributed by atoms with Crippen LogP contribution >= 0.6 is 0 Å². The Morgan fingerprint density at radius 2 is 1.67 bits per heavy atom. The summed E-state index contributed by atoms with van der Waals surface area (Å²) in [4.78, 5) is 8.24. The molecular weight excluding hydrogens is 126 g/mol. The molecule has 0 amide bonds. The van der Waals surface area contributed by atoms with Gasteiger partial charge in [-0.2, -0.15) is 0 Å². The van der Waals surface area contributed by atoms with Gasteiger partial charge >= 0.3 is 0 Å². The number of rotatable bonds is 2. The van der Waals surface area contributed by atoms with E-state index in [-0.39, 0.29) is 13.2 Å². The number of nitrogens with zero attached hydrogens (tertiary/aromatic N) is 1. The highest BCUT2D eigenvalue weighted by Crippen LogP contribution is 1.71. The number of hydrogen-bond donors (Lipinski definition) is 3. The second kappa shape index (κ2) is 10.3. The molecule has 0 heterocycles. The van der Waals surface area contributed by atoms with Gasteiger partial charge in [-0.25, -0.2) is 0 Å². The Kier molecular flexibility index (Phi) is 12.7. The van der Waals surface area contributed by atoms with Gasteiger partial charge < -0.3 is 20.7 Å². The van der Waals surface area contributed by atoms with Crippen LogP contribution < -0.4 is 0 Å². The minimum absolute atomic E-state index is 0.365. The van der Waals surface area contributed by atoms with Crippen LogP contribution in [-0.2, 0) is 4.79 Å². The molecule has 5 heteroatoms. The van der Waals surface area contributed by atoms with Gasteiger partial charge in [-0.3, -0.25) is 4.79 Å². The monoisotopic (exact) mass is 134 g/mol. The van der Waals surface area contributed by atoms with Crippen molar-refractivity contribution in [1.82, 2.24) is 0 Å². The van der Waals surface area contributed by atoms with Crippen LogP contribution in [0.5, 0.6) is 0 Å². The Morgan fingerprint density at radius 3 is 1.67 bits per heavy atom. The van der Waals surface area contributed by atoms with Crippen molar-refractivity contribution in [2.45, 2.75) is 6.10 Å². The molecular formula is C4H8NO4-. The van der Waals surface area contributed by atoms with Crippen molar-refractivity contribution in [2.75, 3.05) is 13.2 Å². The maximum atomic E-state index is 8.24. The Bertz CT molecular complexity index is 74.6. The molecule has 0 fully saturated rings. The second-order valence-electron chi connectivity index (χ2n) is 1.11. The predicted octanol–water partition coefficient (Wildman–Crippen LogP) is -1.78. The molecule has 0 aromatic heterocycles. The number of aliphatic hydroxyl groups is 3. The van der Waals surface area contributed by atoms with E-state index in [0.717, 1.165) is 0 Å². The molecule has 0 aliphatic carbocycles. The first-order valence-corrected chi connectivity index (χ1v) is 2.13. The summed E-state index contributed by atoms with van der Waals surface area (Å²) in [6.45, 7) is -0.729. The van der Waals surface area contributed by atoms with Gasteiger partial charge in [-0.1, -0.05) is 0 Å². The van der Waals surface area contributed by atoms with Gasteiger partial charge in [-0.15, -0.1) is 0 Å². The second-order valence-corrected chi connectivity index (χ2v) is 1.11. The van der Waals surface area contributed by atoms with Crippen LogP contribution in [0.1, 0.15) is 0 Å². The summed E-state index contributed by atoms with van der Waals surface area (Å²) >= 11 is 0. The van der Waals surface area contributed by atoms with Gasteiger partial charge in [0, 0.05) is 0 Å². The molecule has 0 aliphatic heterocycles. The van der Waals surface area contributed by atoms with E-state index in [1.165, 1.54) is 0 Å². The minimum atomic E-state index is -0.954. The molecule has 0 rings (SSSR count). The number of hydrogen-bond acceptors (Lipinski definition) is 4. The zero-order valence-electron chi connectivity index (χ0n) is 4.69. The average molecular weight is 134 g/mol. The summed E-state index contributed by atoms with van der Waals surface area (Å²) in [6, 6.07) is 0. The molecule has 0 aliphatic rings. The number of isocyanates is 1. The van der Waals surface area contributed by atoms with Crippen molar-refractivity contribution in [1.29, 1.82) is 0 Å². The van der Waals surface area contributed by atoms with Crippen LogP contribution in [0.3, 0.4) is 0 Å². The van der Waals surface area contributed by atoms with E-state index in [9.17, 15) is 0 Å². The summed E-state index contributed by atoms with van der Waals surface area (Å²) in [6.07, 6.45) is -0.454. The predicted molar refractivity (Wildman–Crippen MR) is 29.2 cm³/mol. The lowest BCUT2D eigenvalue weighted by molar-refractivity contribution is 0.0450. The Hall–Kier alpha value is -0.740. The first-order valence-electron chi connectivity index (χ1n) is 2.13. The standard InChI is InChI=1S/C3H8O3.CNO/c4-1-3(6)2-5;2-1-3/h3-6H,1-2H2;/q;-1. The van der Waals surface area contributed by atoms with Gasteiger partial charge in [0.25, 0.3) is 0 Å². The first kappa shape index (κ1) is 11.1. The molecule has 3 N–H and O–H groups in total. The fourth-order valence-corrected chi connectivity index (χ4v) is 0.0577. The molecule has 0 atom stereocenters. The summed E-state index contributed by atoms with van der Waals surface area (Å²) in [5.74, 6) is 0. The SMILES string of the molecule is OCC(O)CO.[N-]=C=O. The summed E-state index contributed by atoms with van der Waals surface area (Å²) < 4.78 is 0. The largest absolute Gasteiger partial charge is 0.724 e. The lowest BCUT2D eigenvalue weighted by atomic mass is 10.4. The zero-order valence-corrected chi connectivity index (χ0v) is 4.69. The molecule has 54 valence electrons. The van der Waals surface area contributed by atoms with E-state index in [0.29, 0.717) is 6.08 Å². The van der Waals surface area contributed by atoms with Gasteiger partial charge in [-0.05, 0) is 6.08 Å². The van der Waals surface area contributed by atoms with Gasteiger partial charge in [0.1, 0.15) is 6.10 Å². The molecule has 0 saturated heterocycles. The zero-order chi connectivity index (χ0) is 7.70. The highest BCUT2D eigenvalue weighted by Gasteiger charge is 1.93.